The number of hydrogen-bond acceptors (Lipinski definition) is 3. The quantitative estimate of drug-likeness (QED) is 0.865. The minimum Gasteiger partial charge on any atom is -0.343 e. The third kappa shape index (κ3) is 5.04. The summed E-state index contributed by atoms with van der Waals surface area (Å²) in [5.41, 5.74) is 0.186. The smallest absolute Gasteiger partial charge is 0.251 e. The first kappa shape index (κ1) is 17.4. The number of likely N-dealkylation sites (N-methyl/N-ethyl adjacent to an activating group) is 1. The van der Waals surface area contributed by atoms with Gasteiger partial charge in [0.15, 0.2) is 0 Å². The number of carbonyl (C=O) groups is 2. The van der Waals surface area contributed by atoms with Crippen molar-refractivity contribution < 1.29 is 14.0 Å². The van der Waals surface area contributed by atoms with Crippen LogP contribution in [-0.2, 0) is 11.3 Å². The maximum Gasteiger partial charge on any atom is 0.251 e. The molecule has 0 aliphatic heterocycles. The molecule has 2 aromatic rings. The Kier molecular flexibility index (Phi) is 6.12. The second-order valence-corrected chi connectivity index (χ2v) is 6.61. The lowest BCUT2D eigenvalue weighted by Gasteiger charge is -2.20. The normalized spacial score (nSPS) is 10.4. The van der Waals surface area contributed by atoms with Crippen LogP contribution >= 0.6 is 22.9 Å². The number of halogens is 2. The van der Waals surface area contributed by atoms with Crippen LogP contribution < -0.4 is 5.32 Å². The molecule has 0 spiro atoms. The number of rotatable bonds is 6. The van der Waals surface area contributed by atoms with E-state index in [1.54, 1.807) is 11.0 Å². The molecular weight excluding hydrogens is 339 g/mol. The van der Waals surface area contributed by atoms with Gasteiger partial charge in [-0.15, -0.1) is 11.3 Å². The second-order valence-electron chi connectivity index (χ2n) is 4.81. The molecule has 7 heteroatoms. The molecule has 0 aliphatic carbocycles. The van der Waals surface area contributed by atoms with Gasteiger partial charge >= 0.3 is 0 Å². The van der Waals surface area contributed by atoms with Crippen LogP contribution in [0.15, 0.2) is 36.4 Å². The molecule has 0 aliphatic rings. The van der Waals surface area contributed by atoms with Crippen molar-refractivity contribution in [2.24, 2.45) is 0 Å². The van der Waals surface area contributed by atoms with Crippen molar-refractivity contribution in [1.82, 2.24) is 10.2 Å². The summed E-state index contributed by atoms with van der Waals surface area (Å²) in [6, 6.07) is 8.98. The summed E-state index contributed by atoms with van der Waals surface area (Å²) in [5.74, 6) is -1.18. The Hall–Kier alpha value is -1.92. The number of benzene rings is 1. The van der Waals surface area contributed by atoms with E-state index in [0.29, 0.717) is 17.4 Å². The molecule has 0 fully saturated rings. The van der Waals surface area contributed by atoms with E-state index < -0.39 is 11.7 Å². The highest BCUT2D eigenvalue weighted by Gasteiger charge is 2.15. The molecule has 0 saturated heterocycles. The number of carbonyl (C=O) groups excluding carboxylic acids is 2. The maximum absolute atomic E-state index is 13.1. The monoisotopic (exact) mass is 354 g/mol. The zero-order valence-corrected chi connectivity index (χ0v) is 14.1. The van der Waals surface area contributed by atoms with E-state index in [9.17, 15) is 14.0 Å². The third-order valence-corrected chi connectivity index (χ3v) is 4.41. The molecule has 122 valence electrons. The van der Waals surface area contributed by atoms with E-state index in [1.165, 1.54) is 29.5 Å². The van der Waals surface area contributed by atoms with Crippen LogP contribution in [0.5, 0.6) is 0 Å². The molecule has 2 rings (SSSR count). The first-order valence-electron chi connectivity index (χ1n) is 7.05. The second kappa shape index (κ2) is 8.08. The summed E-state index contributed by atoms with van der Waals surface area (Å²) in [7, 11) is 0. The van der Waals surface area contributed by atoms with Crippen LogP contribution in [0.4, 0.5) is 4.39 Å². The molecule has 0 saturated carbocycles. The van der Waals surface area contributed by atoms with Gasteiger partial charge in [0.1, 0.15) is 5.82 Å². The lowest BCUT2D eigenvalue weighted by atomic mass is 10.2. The summed E-state index contributed by atoms with van der Waals surface area (Å²) < 4.78 is 13.8. The Labute approximate surface area is 142 Å². The fourth-order valence-electron chi connectivity index (χ4n) is 2.00. The van der Waals surface area contributed by atoms with Crippen LogP contribution in [0.25, 0.3) is 0 Å². The zero-order chi connectivity index (χ0) is 16.8. The molecule has 4 nitrogen and oxygen atoms in total. The molecular formula is C16H16ClFN2O2S. The SMILES string of the molecule is CCN(Cc1ccc(Cl)s1)C(=O)CNC(=O)c1cccc(F)c1. The first-order valence-corrected chi connectivity index (χ1v) is 8.24. The molecule has 2 amide bonds. The Morgan fingerprint density at radius 3 is 2.70 bits per heavy atom. The van der Waals surface area contributed by atoms with Gasteiger partial charge in [0.2, 0.25) is 5.91 Å². The Morgan fingerprint density at radius 2 is 2.09 bits per heavy atom. The summed E-state index contributed by atoms with van der Waals surface area (Å²) in [5, 5.41) is 2.51. The molecule has 23 heavy (non-hydrogen) atoms. The number of amides is 2. The van der Waals surface area contributed by atoms with Gasteiger partial charge in [-0.2, -0.15) is 0 Å². The van der Waals surface area contributed by atoms with E-state index in [2.05, 4.69) is 5.32 Å². The van der Waals surface area contributed by atoms with Crippen LogP contribution in [0.3, 0.4) is 0 Å². The summed E-state index contributed by atoms with van der Waals surface area (Å²) in [6.07, 6.45) is 0. The number of hydrogen-bond donors (Lipinski definition) is 1. The minimum atomic E-state index is -0.492. The Morgan fingerprint density at radius 1 is 1.30 bits per heavy atom. The summed E-state index contributed by atoms with van der Waals surface area (Å²) in [4.78, 5) is 26.7. The zero-order valence-electron chi connectivity index (χ0n) is 12.5. The molecule has 1 aromatic carbocycles. The van der Waals surface area contributed by atoms with Crippen molar-refractivity contribution in [2.45, 2.75) is 13.5 Å². The lowest BCUT2D eigenvalue weighted by molar-refractivity contribution is -0.130. The van der Waals surface area contributed by atoms with Gasteiger partial charge in [-0.05, 0) is 37.3 Å². The molecule has 1 N–H and O–H groups in total. The standard InChI is InChI=1S/C16H16ClFN2O2S/c1-2-20(10-13-6-7-14(17)23-13)15(21)9-19-16(22)11-4-3-5-12(18)8-11/h3-8H,2,9-10H2,1H3,(H,19,22). The van der Waals surface area contributed by atoms with Gasteiger partial charge in [-0.1, -0.05) is 17.7 Å². The minimum absolute atomic E-state index is 0.137. The van der Waals surface area contributed by atoms with E-state index in [-0.39, 0.29) is 18.0 Å². The Balaban J connectivity index is 1.90. The van der Waals surface area contributed by atoms with Crippen LogP contribution in [0.1, 0.15) is 22.2 Å². The van der Waals surface area contributed by atoms with E-state index in [1.807, 2.05) is 13.0 Å². The van der Waals surface area contributed by atoms with E-state index >= 15 is 0 Å². The van der Waals surface area contributed by atoms with Crippen molar-refractivity contribution >= 4 is 34.8 Å². The van der Waals surface area contributed by atoms with Crippen molar-refractivity contribution in [3.8, 4) is 0 Å². The van der Waals surface area contributed by atoms with Crippen molar-refractivity contribution in [3.63, 3.8) is 0 Å². The first-order chi connectivity index (χ1) is 11.0. The highest BCUT2D eigenvalue weighted by atomic mass is 35.5. The summed E-state index contributed by atoms with van der Waals surface area (Å²) in [6.45, 7) is 2.69. The molecule has 0 radical (unpaired) electrons. The highest BCUT2D eigenvalue weighted by molar-refractivity contribution is 7.16. The van der Waals surface area contributed by atoms with Gasteiger partial charge in [-0.25, -0.2) is 4.39 Å². The summed E-state index contributed by atoms with van der Waals surface area (Å²) >= 11 is 7.29. The van der Waals surface area contributed by atoms with Gasteiger partial charge in [-0.3, -0.25) is 9.59 Å². The number of nitrogens with zero attached hydrogens (tertiary/aromatic N) is 1. The van der Waals surface area contributed by atoms with Crippen molar-refractivity contribution in [2.75, 3.05) is 13.1 Å². The molecule has 1 aromatic heterocycles. The van der Waals surface area contributed by atoms with Crippen molar-refractivity contribution in [3.05, 3.63) is 57.0 Å². The van der Waals surface area contributed by atoms with Crippen molar-refractivity contribution in [1.29, 1.82) is 0 Å². The average molecular weight is 355 g/mol. The van der Waals surface area contributed by atoms with Crippen LogP contribution in [-0.4, -0.2) is 29.8 Å². The van der Waals surface area contributed by atoms with E-state index in [4.69, 9.17) is 11.6 Å². The maximum atomic E-state index is 13.1. The molecule has 0 bridgehead atoms. The van der Waals surface area contributed by atoms with Crippen LogP contribution in [0.2, 0.25) is 4.34 Å². The molecule has 0 unspecified atom stereocenters. The van der Waals surface area contributed by atoms with Gasteiger partial charge in [0.25, 0.3) is 5.91 Å². The fourth-order valence-corrected chi connectivity index (χ4v) is 3.10. The van der Waals surface area contributed by atoms with Gasteiger partial charge in [0.05, 0.1) is 17.4 Å². The molecule has 0 atom stereocenters. The predicted octanol–water partition coefficient (Wildman–Crippen LogP) is 3.32. The lowest BCUT2D eigenvalue weighted by Crippen LogP contribution is -2.39. The van der Waals surface area contributed by atoms with E-state index in [0.717, 1.165) is 10.9 Å². The fraction of sp³-hybridized carbons (Fsp3) is 0.250. The average Bonchev–Trinajstić information content (AvgIpc) is 2.95. The predicted molar refractivity (Wildman–Crippen MR) is 89.2 cm³/mol. The third-order valence-electron chi connectivity index (χ3n) is 3.20. The molecule has 1 heterocycles. The Bertz CT molecular complexity index is 705. The van der Waals surface area contributed by atoms with Gasteiger partial charge < -0.3 is 10.2 Å². The van der Waals surface area contributed by atoms with Gasteiger partial charge in [0, 0.05) is 17.0 Å². The number of thiophene rings is 1. The number of nitrogens with one attached hydrogen (secondary N) is 1. The topological polar surface area (TPSA) is 49.4 Å². The highest BCUT2D eigenvalue weighted by Crippen LogP contribution is 2.22. The largest absolute Gasteiger partial charge is 0.343 e. The van der Waals surface area contributed by atoms with Crippen LogP contribution in [0, 0.1) is 5.82 Å².